The number of hydrogen-bond donors (Lipinski definition) is 1. The molecule has 1 aliphatic rings. The molecule has 0 aromatic carbocycles. The van der Waals surface area contributed by atoms with Crippen LogP contribution in [0.25, 0.3) is 5.65 Å². The van der Waals surface area contributed by atoms with Crippen molar-refractivity contribution in [1.82, 2.24) is 24.4 Å². The van der Waals surface area contributed by atoms with Crippen LogP contribution in [0.15, 0.2) is 35.5 Å². The molecule has 1 N–H and O–H groups in total. The number of anilines is 2. The molecule has 9 heteroatoms. The molecule has 0 saturated carbocycles. The van der Waals surface area contributed by atoms with Gasteiger partial charge in [-0.1, -0.05) is 13.8 Å². The van der Waals surface area contributed by atoms with Crippen molar-refractivity contribution >= 4 is 22.9 Å². The SMILES string of the molecule is CC(C)c1nn(CC(=O)Nc2ccc3nncn3c2)c(=O)cc1N1CCC[C@@H]1C. The minimum atomic E-state index is -0.316. The van der Waals surface area contributed by atoms with Crippen molar-refractivity contribution < 1.29 is 4.79 Å². The van der Waals surface area contributed by atoms with Gasteiger partial charge in [0.25, 0.3) is 5.56 Å². The van der Waals surface area contributed by atoms with Gasteiger partial charge in [0.05, 0.1) is 17.1 Å². The summed E-state index contributed by atoms with van der Waals surface area (Å²) in [5.41, 5.74) is 2.76. The second-order valence-electron chi connectivity index (χ2n) is 7.81. The first-order valence-corrected chi connectivity index (χ1v) is 9.90. The number of aromatic nitrogens is 5. The zero-order valence-electron chi connectivity index (χ0n) is 16.9. The van der Waals surface area contributed by atoms with Gasteiger partial charge in [-0.3, -0.25) is 14.0 Å². The van der Waals surface area contributed by atoms with E-state index in [-0.39, 0.29) is 23.9 Å². The van der Waals surface area contributed by atoms with Crippen molar-refractivity contribution in [3.05, 3.63) is 46.8 Å². The number of rotatable bonds is 5. The van der Waals surface area contributed by atoms with E-state index in [9.17, 15) is 9.59 Å². The molecule has 0 spiro atoms. The summed E-state index contributed by atoms with van der Waals surface area (Å²) in [5, 5.41) is 15.1. The van der Waals surface area contributed by atoms with Gasteiger partial charge in [0, 0.05) is 24.8 Å². The number of nitrogens with one attached hydrogen (secondary N) is 1. The van der Waals surface area contributed by atoms with Gasteiger partial charge >= 0.3 is 0 Å². The molecular formula is C20H25N7O2. The summed E-state index contributed by atoms with van der Waals surface area (Å²) in [6.07, 6.45) is 5.51. The Morgan fingerprint density at radius 3 is 2.90 bits per heavy atom. The number of nitrogens with zero attached hydrogens (tertiary/aromatic N) is 6. The summed E-state index contributed by atoms with van der Waals surface area (Å²) in [4.78, 5) is 27.5. The smallest absolute Gasteiger partial charge is 0.269 e. The van der Waals surface area contributed by atoms with Crippen molar-refractivity contribution in [3.63, 3.8) is 0 Å². The normalized spacial score (nSPS) is 16.7. The second-order valence-corrected chi connectivity index (χ2v) is 7.81. The average molecular weight is 395 g/mol. The van der Waals surface area contributed by atoms with E-state index in [1.165, 1.54) is 4.68 Å². The zero-order chi connectivity index (χ0) is 20.5. The lowest BCUT2D eigenvalue weighted by atomic mass is 10.1. The Morgan fingerprint density at radius 2 is 2.17 bits per heavy atom. The van der Waals surface area contributed by atoms with Crippen LogP contribution in [0, 0.1) is 0 Å². The molecule has 1 aliphatic heterocycles. The van der Waals surface area contributed by atoms with E-state index in [1.807, 2.05) is 0 Å². The highest BCUT2D eigenvalue weighted by molar-refractivity contribution is 5.90. The Labute approximate surface area is 168 Å². The summed E-state index contributed by atoms with van der Waals surface area (Å²) < 4.78 is 2.95. The lowest BCUT2D eigenvalue weighted by Crippen LogP contribution is -2.34. The lowest BCUT2D eigenvalue weighted by molar-refractivity contribution is -0.117. The van der Waals surface area contributed by atoms with E-state index in [0.717, 1.165) is 30.8 Å². The highest BCUT2D eigenvalue weighted by Crippen LogP contribution is 2.30. The van der Waals surface area contributed by atoms with Crippen LogP contribution in [-0.2, 0) is 11.3 Å². The van der Waals surface area contributed by atoms with E-state index in [0.29, 0.717) is 17.4 Å². The van der Waals surface area contributed by atoms with Gasteiger partial charge in [0.1, 0.15) is 12.9 Å². The largest absolute Gasteiger partial charge is 0.367 e. The maximum Gasteiger partial charge on any atom is 0.269 e. The Kier molecular flexibility index (Phi) is 5.04. The van der Waals surface area contributed by atoms with Gasteiger partial charge in [-0.2, -0.15) is 5.10 Å². The number of carbonyl (C=O) groups excluding carboxylic acids is 1. The molecule has 4 rings (SSSR count). The minimum absolute atomic E-state index is 0.142. The van der Waals surface area contributed by atoms with E-state index in [1.54, 1.807) is 35.1 Å². The molecule has 1 amide bonds. The fourth-order valence-corrected chi connectivity index (χ4v) is 3.78. The van der Waals surface area contributed by atoms with Gasteiger partial charge < -0.3 is 10.2 Å². The Hall–Kier alpha value is -3.23. The number of amides is 1. The molecule has 152 valence electrons. The lowest BCUT2D eigenvalue weighted by Gasteiger charge is -2.27. The maximum atomic E-state index is 12.7. The van der Waals surface area contributed by atoms with Gasteiger partial charge in [-0.05, 0) is 37.8 Å². The van der Waals surface area contributed by atoms with Gasteiger partial charge in [-0.25, -0.2) is 4.68 Å². The molecule has 4 heterocycles. The molecule has 0 aliphatic carbocycles. The molecule has 0 radical (unpaired) electrons. The minimum Gasteiger partial charge on any atom is -0.367 e. The standard InChI is InChI=1S/C20H25N7O2/c1-13(2)20-16(26-8-4-5-14(26)3)9-19(29)27(24-20)11-18(28)22-15-6-7-17-23-21-12-25(17)10-15/h6-7,9-10,12-14H,4-5,8,11H2,1-3H3,(H,22,28)/t14-/m0/s1. The van der Waals surface area contributed by atoms with Crippen molar-refractivity contribution in [2.45, 2.75) is 52.1 Å². The highest BCUT2D eigenvalue weighted by Gasteiger charge is 2.25. The van der Waals surface area contributed by atoms with Crippen molar-refractivity contribution in [2.75, 3.05) is 16.8 Å². The Morgan fingerprint density at radius 1 is 1.34 bits per heavy atom. The predicted octanol–water partition coefficient (Wildman–Crippen LogP) is 2.04. The fourth-order valence-electron chi connectivity index (χ4n) is 3.78. The predicted molar refractivity (Wildman–Crippen MR) is 110 cm³/mol. The van der Waals surface area contributed by atoms with Crippen LogP contribution in [-0.4, -0.2) is 42.9 Å². The van der Waals surface area contributed by atoms with Crippen LogP contribution in [0.5, 0.6) is 0 Å². The van der Waals surface area contributed by atoms with E-state index >= 15 is 0 Å². The quantitative estimate of drug-likeness (QED) is 0.710. The first kappa shape index (κ1) is 19.1. The van der Waals surface area contributed by atoms with Gasteiger partial charge in [0.15, 0.2) is 5.65 Å². The second kappa shape index (κ2) is 7.65. The number of hydrogen-bond acceptors (Lipinski definition) is 6. The molecular weight excluding hydrogens is 370 g/mol. The maximum absolute atomic E-state index is 12.7. The molecule has 3 aromatic rings. The van der Waals surface area contributed by atoms with Crippen LogP contribution in [0.2, 0.25) is 0 Å². The number of pyridine rings is 1. The van der Waals surface area contributed by atoms with Crippen molar-refractivity contribution in [1.29, 1.82) is 0 Å². The topological polar surface area (TPSA) is 97.4 Å². The molecule has 29 heavy (non-hydrogen) atoms. The Balaban J connectivity index is 1.56. The van der Waals surface area contributed by atoms with Crippen molar-refractivity contribution in [2.24, 2.45) is 0 Å². The first-order valence-electron chi connectivity index (χ1n) is 9.90. The highest BCUT2D eigenvalue weighted by atomic mass is 16.2. The summed E-state index contributed by atoms with van der Waals surface area (Å²) in [5.74, 6) is -0.173. The molecule has 3 aromatic heterocycles. The molecule has 0 bridgehead atoms. The third-order valence-electron chi connectivity index (χ3n) is 5.28. The fraction of sp³-hybridized carbons (Fsp3) is 0.450. The summed E-state index contributed by atoms with van der Waals surface area (Å²) in [7, 11) is 0. The molecule has 1 atom stereocenters. The van der Waals surface area contributed by atoms with E-state index in [2.05, 4.69) is 46.3 Å². The molecule has 1 saturated heterocycles. The van der Waals surface area contributed by atoms with E-state index in [4.69, 9.17) is 0 Å². The van der Waals surface area contributed by atoms with E-state index < -0.39 is 0 Å². The average Bonchev–Trinajstić information content (AvgIpc) is 3.31. The summed E-state index contributed by atoms with van der Waals surface area (Å²) >= 11 is 0. The van der Waals surface area contributed by atoms with Crippen LogP contribution in [0.3, 0.4) is 0 Å². The monoisotopic (exact) mass is 395 g/mol. The van der Waals surface area contributed by atoms with Crippen LogP contribution < -0.4 is 15.8 Å². The Bertz CT molecular complexity index is 1100. The van der Waals surface area contributed by atoms with Gasteiger partial charge in [0.2, 0.25) is 5.91 Å². The zero-order valence-corrected chi connectivity index (χ0v) is 16.9. The van der Waals surface area contributed by atoms with Crippen molar-refractivity contribution in [3.8, 4) is 0 Å². The number of fused-ring (bicyclic) bond motifs is 1. The van der Waals surface area contributed by atoms with Gasteiger partial charge in [-0.15, -0.1) is 10.2 Å². The first-order chi connectivity index (χ1) is 13.9. The third-order valence-corrected chi connectivity index (χ3v) is 5.28. The molecule has 0 unspecified atom stereocenters. The molecule has 1 fully saturated rings. The summed E-state index contributed by atoms with van der Waals surface area (Å²) in [6.45, 7) is 7.06. The van der Waals surface area contributed by atoms with Crippen LogP contribution in [0.4, 0.5) is 11.4 Å². The van der Waals surface area contributed by atoms with Crippen LogP contribution >= 0.6 is 0 Å². The molecule has 9 nitrogen and oxygen atoms in total. The third kappa shape index (κ3) is 3.85. The number of carbonyl (C=O) groups is 1. The summed E-state index contributed by atoms with van der Waals surface area (Å²) in [6, 6.07) is 5.52. The van der Waals surface area contributed by atoms with Crippen LogP contribution in [0.1, 0.15) is 45.2 Å².